The molecule has 118 valence electrons. The van der Waals surface area contributed by atoms with Crippen molar-refractivity contribution in [2.75, 3.05) is 45.6 Å². The average Bonchev–Trinajstić information content (AvgIpc) is 2.42. The molecule has 1 rings (SSSR count). The quantitative estimate of drug-likeness (QED) is 0.464. The highest BCUT2D eigenvalue weighted by Gasteiger charge is 2.24. The predicted octanol–water partition coefficient (Wildman–Crippen LogP) is 2.31. The molecule has 1 atom stereocenters. The molecule has 0 spiro atoms. The Morgan fingerprint density at radius 2 is 2.15 bits per heavy atom. The Balaban J connectivity index is 2.31. The Bertz CT molecular complexity index is 295. The molecule has 0 aliphatic carbocycles. The summed E-state index contributed by atoms with van der Waals surface area (Å²) < 4.78 is 5.60. The maximum absolute atomic E-state index is 5.60. The van der Waals surface area contributed by atoms with Gasteiger partial charge in [-0.2, -0.15) is 11.8 Å². The van der Waals surface area contributed by atoms with Crippen molar-refractivity contribution in [2.24, 2.45) is 16.8 Å². The molecule has 1 aliphatic rings. The van der Waals surface area contributed by atoms with Gasteiger partial charge in [0.05, 0.1) is 6.61 Å². The SMILES string of the molecule is CN=C(NCCOCC(C)C)N1CCSC(C(C)C)C1. The second-order valence-electron chi connectivity index (χ2n) is 6.04. The number of aliphatic imine (C=N–C) groups is 1. The fourth-order valence-corrected chi connectivity index (χ4v) is 3.46. The van der Waals surface area contributed by atoms with Gasteiger partial charge in [-0.3, -0.25) is 4.99 Å². The first kappa shape index (κ1) is 17.6. The van der Waals surface area contributed by atoms with Crippen molar-refractivity contribution in [3.63, 3.8) is 0 Å². The molecule has 4 nitrogen and oxygen atoms in total. The number of thioether (sulfide) groups is 1. The van der Waals surface area contributed by atoms with Crippen LogP contribution in [0.1, 0.15) is 27.7 Å². The number of hydrogen-bond acceptors (Lipinski definition) is 3. The highest BCUT2D eigenvalue weighted by Crippen LogP contribution is 2.24. The topological polar surface area (TPSA) is 36.9 Å². The second-order valence-corrected chi connectivity index (χ2v) is 7.39. The molecule has 0 bridgehead atoms. The minimum atomic E-state index is 0.597. The molecule has 0 radical (unpaired) electrons. The van der Waals surface area contributed by atoms with Crippen LogP contribution in [-0.4, -0.2) is 61.8 Å². The molecule has 0 amide bonds. The van der Waals surface area contributed by atoms with Crippen LogP contribution in [0.3, 0.4) is 0 Å². The minimum absolute atomic E-state index is 0.597. The summed E-state index contributed by atoms with van der Waals surface area (Å²) in [4.78, 5) is 6.78. The molecule has 1 unspecified atom stereocenters. The van der Waals surface area contributed by atoms with Gasteiger partial charge in [0, 0.05) is 44.3 Å². The van der Waals surface area contributed by atoms with E-state index in [0.717, 1.165) is 44.7 Å². The van der Waals surface area contributed by atoms with E-state index >= 15 is 0 Å². The molecule has 1 N–H and O–H groups in total. The van der Waals surface area contributed by atoms with Crippen molar-refractivity contribution >= 4 is 17.7 Å². The van der Waals surface area contributed by atoms with E-state index in [9.17, 15) is 0 Å². The van der Waals surface area contributed by atoms with Gasteiger partial charge in [0.2, 0.25) is 0 Å². The third-order valence-electron chi connectivity index (χ3n) is 3.33. The zero-order valence-corrected chi connectivity index (χ0v) is 14.5. The van der Waals surface area contributed by atoms with Gasteiger partial charge < -0.3 is 15.0 Å². The summed E-state index contributed by atoms with van der Waals surface area (Å²) in [5, 5.41) is 4.12. The maximum atomic E-state index is 5.60. The van der Waals surface area contributed by atoms with Gasteiger partial charge in [0.1, 0.15) is 0 Å². The van der Waals surface area contributed by atoms with Gasteiger partial charge >= 0.3 is 0 Å². The lowest BCUT2D eigenvalue weighted by Gasteiger charge is -2.36. The summed E-state index contributed by atoms with van der Waals surface area (Å²) in [6.45, 7) is 13.5. The number of guanidine groups is 1. The van der Waals surface area contributed by atoms with E-state index < -0.39 is 0 Å². The lowest BCUT2D eigenvalue weighted by molar-refractivity contribution is 0.114. The first-order valence-corrected chi connectivity index (χ1v) is 8.74. The summed E-state index contributed by atoms with van der Waals surface area (Å²) in [7, 11) is 1.86. The number of ether oxygens (including phenoxy) is 1. The van der Waals surface area contributed by atoms with Gasteiger partial charge in [-0.15, -0.1) is 0 Å². The normalized spacial score (nSPS) is 20.9. The third kappa shape index (κ3) is 6.35. The van der Waals surface area contributed by atoms with E-state index in [2.05, 4.69) is 54.7 Å². The van der Waals surface area contributed by atoms with Crippen LogP contribution in [0.2, 0.25) is 0 Å². The minimum Gasteiger partial charge on any atom is -0.379 e. The Labute approximate surface area is 128 Å². The summed E-state index contributed by atoms with van der Waals surface area (Å²) >= 11 is 2.09. The molecular formula is C15H31N3OS. The molecule has 1 fully saturated rings. The Kier molecular flexibility index (Phi) is 8.38. The van der Waals surface area contributed by atoms with Crippen LogP contribution < -0.4 is 5.32 Å². The van der Waals surface area contributed by atoms with E-state index in [0.29, 0.717) is 11.2 Å². The van der Waals surface area contributed by atoms with Crippen molar-refractivity contribution in [3.8, 4) is 0 Å². The third-order valence-corrected chi connectivity index (χ3v) is 4.87. The fraction of sp³-hybridized carbons (Fsp3) is 0.933. The lowest BCUT2D eigenvalue weighted by atomic mass is 10.1. The van der Waals surface area contributed by atoms with Gasteiger partial charge in [-0.25, -0.2) is 0 Å². The molecule has 0 saturated carbocycles. The summed E-state index contributed by atoms with van der Waals surface area (Å²) in [6.07, 6.45) is 0. The van der Waals surface area contributed by atoms with Crippen LogP contribution in [0.5, 0.6) is 0 Å². The standard InChI is InChI=1S/C15H31N3OS/c1-12(2)11-19-8-6-17-15(16-5)18-7-9-20-14(10-18)13(3)4/h12-14H,6-11H2,1-5H3,(H,16,17). The van der Waals surface area contributed by atoms with Crippen molar-refractivity contribution in [2.45, 2.75) is 32.9 Å². The summed E-state index contributed by atoms with van der Waals surface area (Å²) in [5.74, 6) is 3.52. The second kappa shape index (κ2) is 9.50. The summed E-state index contributed by atoms with van der Waals surface area (Å²) in [5.41, 5.74) is 0. The number of nitrogens with zero attached hydrogens (tertiary/aromatic N) is 2. The number of nitrogens with one attached hydrogen (secondary N) is 1. The van der Waals surface area contributed by atoms with Crippen LogP contribution in [-0.2, 0) is 4.74 Å². The molecule has 1 saturated heterocycles. The molecule has 0 aromatic rings. The molecule has 20 heavy (non-hydrogen) atoms. The molecular weight excluding hydrogens is 270 g/mol. The van der Waals surface area contributed by atoms with Crippen molar-refractivity contribution < 1.29 is 4.74 Å². The monoisotopic (exact) mass is 301 g/mol. The molecule has 1 aliphatic heterocycles. The molecule has 0 aromatic carbocycles. The van der Waals surface area contributed by atoms with Gasteiger partial charge in [-0.1, -0.05) is 27.7 Å². The average molecular weight is 302 g/mol. The maximum Gasteiger partial charge on any atom is 0.193 e. The number of rotatable bonds is 6. The van der Waals surface area contributed by atoms with Gasteiger partial charge in [0.25, 0.3) is 0 Å². The number of hydrogen-bond donors (Lipinski definition) is 1. The molecule has 5 heteroatoms. The van der Waals surface area contributed by atoms with Crippen LogP contribution in [0, 0.1) is 11.8 Å². The Morgan fingerprint density at radius 1 is 1.40 bits per heavy atom. The van der Waals surface area contributed by atoms with Crippen molar-refractivity contribution in [1.29, 1.82) is 0 Å². The highest BCUT2D eigenvalue weighted by atomic mass is 32.2. The van der Waals surface area contributed by atoms with Crippen LogP contribution in [0.25, 0.3) is 0 Å². The largest absolute Gasteiger partial charge is 0.379 e. The first-order valence-electron chi connectivity index (χ1n) is 7.69. The van der Waals surface area contributed by atoms with Crippen molar-refractivity contribution in [3.05, 3.63) is 0 Å². The van der Waals surface area contributed by atoms with E-state index in [1.54, 1.807) is 0 Å². The fourth-order valence-electron chi connectivity index (χ4n) is 2.16. The van der Waals surface area contributed by atoms with E-state index in [4.69, 9.17) is 4.74 Å². The van der Waals surface area contributed by atoms with Gasteiger partial charge in [-0.05, 0) is 11.8 Å². The first-order chi connectivity index (χ1) is 9.54. The van der Waals surface area contributed by atoms with E-state index in [1.807, 2.05) is 7.05 Å². The highest BCUT2D eigenvalue weighted by molar-refractivity contribution is 8.00. The zero-order chi connectivity index (χ0) is 15.0. The van der Waals surface area contributed by atoms with E-state index in [-0.39, 0.29) is 0 Å². The zero-order valence-electron chi connectivity index (χ0n) is 13.7. The van der Waals surface area contributed by atoms with Crippen LogP contribution in [0.4, 0.5) is 0 Å². The summed E-state index contributed by atoms with van der Waals surface area (Å²) in [6, 6.07) is 0. The van der Waals surface area contributed by atoms with Gasteiger partial charge in [0.15, 0.2) is 5.96 Å². The van der Waals surface area contributed by atoms with E-state index in [1.165, 1.54) is 5.75 Å². The van der Waals surface area contributed by atoms with Crippen LogP contribution in [0.15, 0.2) is 4.99 Å². The molecule has 0 aromatic heterocycles. The molecule has 1 heterocycles. The smallest absolute Gasteiger partial charge is 0.193 e. The lowest BCUT2D eigenvalue weighted by Crippen LogP contribution is -2.49. The predicted molar refractivity (Wildman–Crippen MR) is 89.7 cm³/mol. The van der Waals surface area contributed by atoms with Crippen molar-refractivity contribution in [1.82, 2.24) is 10.2 Å². The Hall–Kier alpha value is -0.420. The van der Waals surface area contributed by atoms with Crippen LogP contribution >= 0.6 is 11.8 Å². The Morgan fingerprint density at radius 3 is 2.75 bits per heavy atom.